The quantitative estimate of drug-likeness (QED) is 0.0292. The number of nitrogens with one attached hydrogen (secondary N) is 1. The van der Waals surface area contributed by atoms with Crippen molar-refractivity contribution in [3.8, 4) is 22.8 Å². The molecule has 2 aromatic heterocycles. The Bertz CT molecular complexity index is 2740. The number of nitrogen functional groups attached to an aromatic ring is 1. The molecule has 16 nitrogen and oxygen atoms in total. The molecule has 3 aromatic carbocycles. The van der Waals surface area contributed by atoms with Gasteiger partial charge in [0.25, 0.3) is 11.8 Å². The molecule has 9 rings (SSSR count). The number of piperidine rings is 2. The lowest BCUT2D eigenvalue weighted by molar-refractivity contribution is -0.136. The van der Waals surface area contributed by atoms with Crippen LogP contribution in [0, 0.1) is 0 Å². The predicted octanol–water partition coefficient (Wildman–Crippen LogP) is 8.30. The Morgan fingerprint density at radius 3 is 2.22 bits per heavy atom. The number of carbonyl (C=O) groups excluding carboxylic acids is 5. The van der Waals surface area contributed by atoms with Gasteiger partial charge in [-0.25, -0.2) is 14.6 Å². The monoisotopic (exact) mass is 994 g/mol. The molecule has 4 aliphatic rings. The maximum atomic E-state index is 13.5. The summed E-state index contributed by atoms with van der Waals surface area (Å²) in [6.45, 7) is 7.29. The van der Waals surface area contributed by atoms with Crippen LogP contribution in [0.25, 0.3) is 22.3 Å². The van der Waals surface area contributed by atoms with Crippen molar-refractivity contribution < 1.29 is 28.7 Å². The van der Waals surface area contributed by atoms with Crippen LogP contribution in [0.2, 0.25) is 0 Å². The van der Waals surface area contributed by atoms with E-state index in [0.717, 1.165) is 97.6 Å². The number of hydrogen-bond donors (Lipinski definition) is 2. The molecule has 4 aliphatic heterocycles. The standard InChI is InChI=1S/C55H66N10O6S/c56-51-49-50(39-23-25-42(26-24-39)71-41-18-10-9-11-19-41)60-65(52(49)58-38-57-51)40-17-15-31-63(37-40)47(67)22-16-30-62-34-32-61(33-35-62)29-12-7-5-3-1-2-4-6-8-13-36-72-45-21-14-20-43-48(45)55(70)64(54(43)69)44-27-28-46(66)59-53(44)68/h9-11,14,16,18-26,38,40,44H,1-8,12-13,15,17,27-37H2,(H2,56,57,58)(H,59,66,68)/b22-16+. The summed E-state index contributed by atoms with van der Waals surface area (Å²) in [7, 11) is 0. The molecule has 6 heterocycles. The van der Waals surface area contributed by atoms with Gasteiger partial charge >= 0.3 is 0 Å². The number of ether oxygens (including phenoxy) is 1. The van der Waals surface area contributed by atoms with E-state index >= 15 is 0 Å². The number of carbonyl (C=O) groups is 5. The third kappa shape index (κ3) is 12.2. The highest BCUT2D eigenvalue weighted by Crippen LogP contribution is 2.37. The highest BCUT2D eigenvalue weighted by atomic mass is 32.2. The molecular formula is C55H66N10O6S. The molecule has 0 radical (unpaired) electrons. The normalized spacial score (nSPS) is 18.9. The minimum atomic E-state index is -0.949. The molecule has 0 aliphatic carbocycles. The van der Waals surface area contributed by atoms with Gasteiger partial charge in [0.15, 0.2) is 5.65 Å². The zero-order valence-electron chi connectivity index (χ0n) is 41.1. The zero-order valence-corrected chi connectivity index (χ0v) is 41.9. The smallest absolute Gasteiger partial charge is 0.263 e. The molecular weight excluding hydrogens is 929 g/mol. The Kier molecular flexibility index (Phi) is 17.1. The van der Waals surface area contributed by atoms with Crippen molar-refractivity contribution in [3.63, 3.8) is 0 Å². The summed E-state index contributed by atoms with van der Waals surface area (Å²) in [6, 6.07) is 21.8. The Balaban J connectivity index is 0.616. The topological polar surface area (TPSA) is 189 Å². The SMILES string of the molecule is Nc1ncnc2c1c(-c1ccc(Oc3ccccc3)cc1)nn2C1CCCN(C(=O)/C=C/CN2CCN(CCCCCCCCCCCCSc3cccc4c3C(=O)N(C3CCC(=O)NC3=O)C4=O)CC2)C1. The van der Waals surface area contributed by atoms with Crippen LogP contribution in [-0.2, 0) is 14.4 Å². The third-order valence-corrected chi connectivity index (χ3v) is 15.5. The van der Waals surface area contributed by atoms with Gasteiger partial charge < -0.3 is 20.3 Å². The average molecular weight is 995 g/mol. The summed E-state index contributed by atoms with van der Waals surface area (Å²) in [5.74, 6) is 0.871. The van der Waals surface area contributed by atoms with Crippen molar-refractivity contribution in [1.82, 2.24) is 44.7 Å². The lowest BCUT2D eigenvalue weighted by Crippen LogP contribution is -2.54. The zero-order chi connectivity index (χ0) is 49.8. The number of imide groups is 2. The average Bonchev–Trinajstić information content (AvgIpc) is 3.91. The van der Waals surface area contributed by atoms with Gasteiger partial charge in [-0.1, -0.05) is 81.7 Å². The van der Waals surface area contributed by atoms with E-state index in [9.17, 15) is 24.0 Å². The first-order valence-corrected chi connectivity index (χ1v) is 26.9. The summed E-state index contributed by atoms with van der Waals surface area (Å²) in [4.78, 5) is 81.7. The molecule has 3 N–H and O–H groups in total. The number of hydrogen-bond acceptors (Lipinski definition) is 13. The summed E-state index contributed by atoms with van der Waals surface area (Å²) in [6.07, 6.45) is 19.4. The summed E-state index contributed by atoms with van der Waals surface area (Å²) in [5.41, 5.74) is 9.41. The minimum Gasteiger partial charge on any atom is -0.457 e. The number of amides is 5. The highest BCUT2D eigenvalue weighted by Gasteiger charge is 2.45. The number of likely N-dealkylation sites (tertiary alicyclic amines) is 1. The van der Waals surface area contributed by atoms with E-state index in [0.29, 0.717) is 46.8 Å². The first-order chi connectivity index (χ1) is 35.2. The van der Waals surface area contributed by atoms with Gasteiger partial charge in [0.05, 0.1) is 22.6 Å². The molecule has 2 atom stereocenters. The first-order valence-electron chi connectivity index (χ1n) is 25.9. The predicted molar refractivity (Wildman–Crippen MR) is 279 cm³/mol. The summed E-state index contributed by atoms with van der Waals surface area (Å²) < 4.78 is 7.94. The Hall–Kier alpha value is -6.43. The lowest BCUT2D eigenvalue weighted by Gasteiger charge is -2.34. The van der Waals surface area contributed by atoms with E-state index < -0.39 is 23.8 Å². The van der Waals surface area contributed by atoms with Gasteiger partial charge in [-0.2, -0.15) is 5.10 Å². The number of rotatable bonds is 22. The Morgan fingerprint density at radius 2 is 1.47 bits per heavy atom. The number of aromatic nitrogens is 4. The molecule has 0 saturated carbocycles. The number of thioether (sulfide) groups is 1. The van der Waals surface area contributed by atoms with Crippen LogP contribution >= 0.6 is 11.8 Å². The fourth-order valence-corrected chi connectivity index (χ4v) is 11.4. The molecule has 72 heavy (non-hydrogen) atoms. The largest absolute Gasteiger partial charge is 0.457 e. The number of nitrogens with zero attached hydrogens (tertiary/aromatic N) is 8. The fraction of sp³-hybridized carbons (Fsp3) is 0.455. The van der Waals surface area contributed by atoms with E-state index in [-0.39, 0.29) is 30.7 Å². The number of piperazine rings is 1. The molecule has 2 unspecified atom stereocenters. The van der Waals surface area contributed by atoms with Crippen LogP contribution < -0.4 is 15.8 Å². The Morgan fingerprint density at radius 1 is 0.764 bits per heavy atom. The number of benzene rings is 3. The van der Waals surface area contributed by atoms with Crippen LogP contribution in [0.4, 0.5) is 5.82 Å². The van der Waals surface area contributed by atoms with Crippen molar-refractivity contribution in [2.24, 2.45) is 0 Å². The molecule has 378 valence electrons. The highest BCUT2D eigenvalue weighted by molar-refractivity contribution is 7.99. The van der Waals surface area contributed by atoms with Crippen molar-refractivity contribution in [3.05, 3.63) is 102 Å². The molecule has 5 amide bonds. The van der Waals surface area contributed by atoms with E-state index in [1.807, 2.05) is 76.3 Å². The van der Waals surface area contributed by atoms with Gasteiger partial charge in [-0.05, 0) is 92.9 Å². The molecule has 0 bridgehead atoms. The first kappa shape index (κ1) is 50.5. The van der Waals surface area contributed by atoms with E-state index in [4.69, 9.17) is 15.6 Å². The van der Waals surface area contributed by atoms with Gasteiger partial charge in [0, 0.05) is 68.8 Å². The third-order valence-electron chi connectivity index (χ3n) is 14.3. The van der Waals surface area contributed by atoms with Crippen molar-refractivity contribution in [2.75, 3.05) is 63.8 Å². The van der Waals surface area contributed by atoms with Gasteiger partial charge in [-0.3, -0.25) is 39.1 Å². The van der Waals surface area contributed by atoms with Crippen LogP contribution in [0.1, 0.15) is 117 Å². The van der Waals surface area contributed by atoms with Crippen LogP contribution in [0.3, 0.4) is 0 Å². The molecule has 0 spiro atoms. The fourth-order valence-electron chi connectivity index (χ4n) is 10.4. The molecule has 5 aromatic rings. The second kappa shape index (κ2) is 24.3. The second-order valence-electron chi connectivity index (χ2n) is 19.3. The van der Waals surface area contributed by atoms with Gasteiger partial charge in [-0.15, -0.1) is 11.8 Å². The molecule has 3 saturated heterocycles. The number of nitrogens with two attached hydrogens (primary N) is 1. The van der Waals surface area contributed by atoms with Crippen LogP contribution in [-0.4, -0.2) is 133 Å². The summed E-state index contributed by atoms with van der Waals surface area (Å²) >= 11 is 1.59. The Labute approximate surface area is 425 Å². The number of unbranched alkanes of at least 4 members (excludes halogenated alkanes) is 9. The van der Waals surface area contributed by atoms with E-state index in [1.165, 1.54) is 57.7 Å². The number of fused-ring (bicyclic) bond motifs is 2. The van der Waals surface area contributed by atoms with Crippen molar-refractivity contribution in [2.45, 2.75) is 107 Å². The lowest BCUT2D eigenvalue weighted by atomic mass is 10.0. The van der Waals surface area contributed by atoms with Gasteiger partial charge in [0.2, 0.25) is 17.7 Å². The van der Waals surface area contributed by atoms with Crippen LogP contribution in [0.15, 0.2) is 96.2 Å². The maximum Gasteiger partial charge on any atom is 0.263 e. The van der Waals surface area contributed by atoms with Crippen LogP contribution in [0.5, 0.6) is 11.5 Å². The van der Waals surface area contributed by atoms with E-state index in [1.54, 1.807) is 30.0 Å². The van der Waals surface area contributed by atoms with Gasteiger partial charge in [0.1, 0.15) is 35.4 Å². The maximum absolute atomic E-state index is 13.5. The second-order valence-corrected chi connectivity index (χ2v) is 20.5. The van der Waals surface area contributed by atoms with Crippen molar-refractivity contribution in [1.29, 1.82) is 0 Å². The minimum absolute atomic E-state index is 0.0287. The molecule has 3 fully saturated rings. The van der Waals surface area contributed by atoms with E-state index in [2.05, 4.69) is 25.1 Å². The number of anilines is 1. The number of para-hydroxylation sites is 1. The molecule has 17 heteroatoms. The summed E-state index contributed by atoms with van der Waals surface area (Å²) in [5, 5.41) is 8.02. The van der Waals surface area contributed by atoms with Crippen molar-refractivity contribution >= 4 is 58.1 Å².